The third-order valence-electron chi connectivity index (χ3n) is 4.83. The first-order valence-electron chi connectivity index (χ1n) is 8.78. The number of rotatable bonds is 6. The van der Waals surface area contributed by atoms with Crippen molar-refractivity contribution in [2.24, 2.45) is 0 Å². The van der Waals surface area contributed by atoms with E-state index in [1.54, 1.807) is 12.1 Å². The van der Waals surface area contributed by atoms with Gasteiger partial charge in [-0.05, 0) is 37.1 Å². The number of ether oxygens (including phenoxy) is 2. The number of benzene rings is 1. The Morgan fingerprint density at radius 3 is 2.64 bits per heavy atom. The second kappa shape index (κ2) is 8.60. The van der Waals surface area contributed by atoms with Gasteiger partial charge in [0.2, 0.25) is 5.91 Å². The summed E-state index contributed by atoms with van der Waals surface area (Å²) < 4.78 is 24.2. The smallest absolute Gasteiger partial charge is 0.248 e. The van der Waals surface area contributed by atoms with Gasteiger partial charge in [-0.25, -0.2) is 4.39 Å². The second-order valence-electron chi connectivity index (χ2n) is 6.54. The number of carbonyl (C=O) groups is 1. The number of amides is 1. The van der Waals surface area contributed by atoms with Crippen molar-refractivity contribution in [1.82, 2.24) is 9.80 Å². The number of morpholine rings is 1. The van der Waals surface area contributed by atoms with E-state index in [0.717, 1.165) is 25.9 Å². The topological polar surface area (TPSA) is 62.2 Å². The van der Waals surface area contributed by atoms with Gasteiger partial charge < -0.3 is 24.4 Å². The van der Waals surface area contributed by atoms with Crippen LogP contribution in [0.3, 0.4) is 0 Å². The molecule has 0 aliphatic carbocycles. The minimum absolute atomic E-state index is 0.0265. The summed E-state index contributed by atoms with van der Waals surface area (Å²) in [5.41, 5.74) is 0. The number of hydrogen-bond acceptors (Lipinski definition) is 5. The Bertz CT molecular complexity index is 561. The fourth-order valence-corrected chi connectivity index (χ4v) is 3.42. The number of piperidine rings is 1. The van der Waals surface area contributed by atoms with Crippen molar-refractivity contribution in [1.29, 1.82) is 0 Å². The summed E-state index contributed by atoms with van der Waals surface area (Å²) >= 11 is 0. The molecule has 0 aromatic heterocycles. The molecule has 2 fully saturated rings. The van der Waals surface area contributed by atoms with Crippen molar-refractivity contribution < 1.29 is 23.8 Å². The van der Waals surface area contributed by atoms with Crippen molar-refractivity contribution >= 4 is 5.91 Å². The summed E-state index contributed by atoms with van der Waals surface area (Å²) in [5, 5.41) is 9.02. The number of β-amino-alcohol motifs (C(OH)–C–C–N with tert-alkyl or cyclic N) is 1. The third-order valence-corrected chi connectivity index (χ3v) is 4.83. The van der Waals surface area contributed by atoms with E-state index in [1.165, 1.54) is 12.1 Å². The Morgan fingerprint density at radius 1 is 1.24 bits per heavy atom. The van der Waals surface area contributed by atoms with Gasteiger partial charge in [-0.1, -0.05) is 0 Å². The average Bonchev–Trinajstić information content (AvgIpc) is 2.63. The second-order valence-corrected chi connectivity index (χ2v) is 6.54. The molecule has 2 saturated heterocycles. The normalized spacial score (nSPS) is 23.0. The molecule has 0 spiro atoms. The number of halogens is 1. The first-order chi connectivity index (χ1) is 12.2. The van der Waals surface area contributed by atoms with Gasteiger partial charge in [-0.15, -0.1) is 0 Å². The van der Waals surface area contributed by atoms with Crippen LogP contribution in [0, 0.1) is 5.82 Å². The van der Waals surface area contributed by atoms with E-state index < -0.39 is 0 Å². The van der Waals surface area contributed by atoms with Gasteiger partial charge >= 0.3 is 0 Å². The molecule has 25 heavy (non-hydrogen) atoms. The van der Waals surface area contributed by atoms with E-state index in [9.17, 15) is 9.18 Å². The lowest BCUT2D eigenvalue weighted by atomic mass is 10.0. The van der Waals surface area contributed by atoms with E-state index in [2.05, 4.69) is 4.90 Å². The number of likely N-dealkylation sites (tertiary alicyclic amines) is 1. The lowest BCUT2D eigenvalue weighted by Crippen LogP contribution is -2.55. The van der Waals surface area contributed by atoms with Crippen molar-refractivity contribution in [3.63, 3.8) is 0 Å². The van der Waals surface area contributed by atoms with E-state index in [4.69, 9.17) is 14.6 Å². The Balaban J connectivity index is 1.49. The van der Waals surface area contributed by atoms with Gasteiger partial charge in [-0.3, -0.25) is 4.79 Å². The van der Waals surface area contributed by atoms with Crippen LogP contribution in [0.4, 0.5) is 4.39 Å². The fourth-order valence-electron chi connectivity index (χ4n) is 3.42. The van der Waals surface area contributed by atoms with Crippen LogP contribution in [-0.4, -0.2) is 79.0 Å². The molecule has 0 unspecified atom stereocenters. The van der Waals surface area contributed by atoms with Gasteiger partial charge in [-0.2, -0.15) is 0 Å². The average molecular weight is 352 g/mol. The molecule has 1 atom stereocenters. The fraction of sp³-hybridized carbons (Fsp3) is 0.611. The highest BCUT2D eigenvalue weighted by molar-refractivity contribution is 5.78. The molecular weight excluding hydrogens is 327 g/mol. The molecule has 2 heterocycles. The summed E-state index contributed by atoms with van der Waals surface area (Å²) in [4.78, 5) is 16.4. The first kappa shape index (κ1) is 18.1. The predicted molar refractivity (Wildman–Crippen MR) is 89.9 cm³/mol. The highest BCUT2D eigenvalue weighted by Gasteiger charge is 2.33. The Morgan fingerprint density at radius 2 is 1.96 bits per heavy atom. The van der Waals surface area contributed by atoms with Crippen LogP contribution >= 0.6 is 0 Å². The lowest BCUT2D eigenvalue weighted by Gasteiger charge is -2.42. The minimum Gasteiger partial charge on any atom is -0.491 e. The highest BCUT2D eigenvalue weighted by atomic mass is 19.1. The van der Waals surface area contributed by atoms with Crippen LogP contribution in [0.1, 0.15) is 12.8 Å². The Labute approximate surface area is 147 Å². The summed E-state index contributed by atoms with van der Waals surface area (Å²) in [6, 6.07) is 6.09. The quantitative estimate of drug-likeness (QED) is 0.824. The zero-order valence-electron chi connectivity index (χ0n) is 14.3. The molecule has 1 N–H and O–H groups in total. The van der Waals surface area contributed by atoms with Crippen LogP contribution < -0.4 is 4.74 Å². The van der Waals surface area contributed by atoms with Gasteiger partial charge in [0.15, 0.2) is 0 Å². The molecule has 0 radical (unpaired) electrons. The number of carbonyl (C=O) groups excluding carboxylic acids is 1. The standard InChI is InChI=1S/C18H25FN2O4/c19-14-1-3-16(4-2-14)24-12-17-11-21(18(23)13-25-17)15-5-7-20(8-6-15)9-10-22/h1-4,15,17,22H,5-13H2/t17-/m0/s1. The summed E-state index contributed by atoms with van der Waals surface area (Å²) in [6.07, 6.45) is 1.65. The summed E-state index contributed by atoms with van der Waals surface area (Å²) in [7, 11) is 0. The monoisotopic (exact) mass is 352 g/mol. The minimum atomic E-state index is -0.300. The van der Waals surface area contributed by atoms with Crippen molar-refractivity contribution in [3.8, 4) is 5.75 Å². The number of aliphatic hydroxyl groups is 1. The molecule has 1 aromatic rings. The van der Waals surface area contributed by atoms with Gasteiger partial charge in [0, 0.05) is 25.7 Å². The molecule has 7 heteroatoms. The molecule has 3 rings (SSSR count). The van der Waals surface area contributed by atoms with Crippen molar-refractivity contribution in [3.05, 3.63) is 30.1 Å². The van der Waals surface area contributed by atoms with Crippen LogP contribution in [0.25, 0.3) is 0 Å². The van der Waals surface area contributed by atoms with Gasteiger partial charge in [0.25, 0.3) is 0 Å². The zero-order valence-corrected chi connectivity index (χ0v) is 14.3. The Hall–Kier alpha value is -1.70. The molecule has 1 aromatic carbocycles. The molecule has 138 valence electrons. The molecule has 2 aliphatic rings. The van der Waals surface area contributed by atoms with Gasteiger partial charge in [0.05, 0.1) is 13.2 Å². The molecule has 0 bridgehead atoms. The van der Waals surface area contributed by atoms with E-state index >= 15 is 0 Å². The van der Waals surface area contributed by atoms with Crippen LogP contribution in [-0.2, 0) is 9.53 Å². The predicted octanol–water partition coefficient (Wildman–Crippen LogP) is 0.889. The zero-order chi connectivity index (χ0) is 17.6. The molecule has 0 saturated carbocycles. The maximum atomic E-state index is 12.9. The van der Waals surface area contributed by atoms with Crippen LogP contribution in [0.2, 0.25) is 0 Å². The molecule has 2 aliphatic heterocycles. The maximum absolute atomic E-state index is 12.9. The summed E-state index contributed by atoms with van der Waals surface area (Å²) in [5.74, 6) is 0.315. The summed E-state index contributed by atoms with van der Waals surface area (Å²) in [6.45, 7) is 3.58. The van der Waals surface area contributed by atoms with E-state index in [0.29, 0.717) is 25.4 Å². The third kappa shape index (κ3) is 4.90. The van der Waals surface area contributed by atoms with E-state index in [-0.39, 0.29) is 37.1 Å². The van der Waals surface area contributed by atoms with Gasteiger partial charge in [0.1, 0.15) is 30.9 Å². The largest absolute Gasteiger partial charge is 0.491 e. The number of aliphatic hydroxyl groups excluding tert-OH is 1. The van der Waals surface area contributed by atoms with Crippen molar-refractivity contribution in [2.45, 2.75) is 25.0 Å². The maximum Gasteiger partial charge on any atom is 0.248 e. The number of hydrogen-bond donors (Lipinski definition) is 1. The van der Waals surface area contributed by atoms with E-state index in [1.807, 2.05) is 4.90 Å². The van der Waals surface area contributed by atoms with Crippen molar-refractivity contribution in [2.75, 3.05) is 46.0 Å². The Kier molecular flexibility index (Phi) is 6.23. The highest BCUT2D eigenvalue weighted by Crippen LogP contribution is 2.21. The first-order valence-corrected chi connectivity index (χ1v) is 8.78. The lowest BCUT2D eigenvalue weighted by molar-refractivity contribution is -0.155. The van der Waals surface area contributed by atoms with Crippen LogP contribution in [0.15, 0.2) is 24.3 Å². The SMILES string of the molecule is O=C1CO[C@H](COc2ccc(F)cc2)CN1C1CCN(CCO)CC1. The molecular formula is C18H25FN2O4. The molecule has 1 amide bonds. The molecule has 6 nitrogen and oxygen atoms in total. The number of nitrogens with zero attached hydrogens (tertiary/aromatic N) is 2. The van der Waals surface area contributed by atoms with Crippen LogP contribution in [0.5, 0.6) is 5.75 Å².